The average Bonchev–Trinajstić information content (AvgIpc) is 3.00. The number of hydrogen-bond donors (Lipinski definition) is 1. The van der Waals surface area contributed by atoms with Gasteiger partial charge in [0.25, 0.3) is 0 Å². The standard InChI is InChI=1S/C39H35BNO2.CH4/c1-37(2)28-17-25(23-13-9-7-10-14-23)19-30-34(28)41-35-29(37)18-26(24-15-11-8-12-16-24)20-31(35)39(5,6)33-22-27(43-40-42)21-32(36(33)41)38(30,3)4;/h7-22,42H,1-6H3;1H4. The Labute approximate surface area is 262 Å². The molecule has 1 N–H and O–H groups in total. The SMILES string of the molecule is C.CC1(C)c2cc(O[B]O)cc3c2N2c4c1cc(-c1ccccc1)cc4C(C)(C)c1cc(-c4ccccc4)cc(c12)C3(C)C. The van der Waals surface area contributed by atoms with E-state index in [2.05, 4.69) is 144 Å². The molecule has 0 atom stereocenters. The maximum absolute atomic E-state index is 9.70. The van der Waals surface area contributed by atoms with Gasteiger partial charge in [0.1, 0.15) is 5.75 Å². The molecule has 0 aromatic heterocycles. The molecule has 0 saturated heterocycles. The van der Waals surface area contributed by atoms with Gasteiger partial charge in [-0.3, -0.25) is 0 Å². The summed E-state index contributed by atoms with van der Waals surface area (Å²) in [5, 5.41) is 9.70. The minimum absolute atomic E-state index is 0. The minimum atomic E-state index is -0.310. The first kappa shape index (κ1) is 28.5. The van der Waals surface area contributed by atoms with E-state index in [0.29, 0.717) is 5.75 Å². The number of hydrogen-bond acceptors (Lipinski definition) is 3. The highest BCUT2D eigenvalue weighted by Gasteiger charge is 2.52. The molecule has 3 aliphatic rings. The summed E-state index contributed by atoms with van der Waals surface area (Å²) in [6.45, 7) is 14.1. The lowest BCUT2D eigenvalue weighted by molar-refractivity contribution is 0.450. The maximum atomic E-state index is 9.70. The van der Waals surface area contributed by atoms with Crippen LogP contribution in [0.4, 0.5) is 17.1 Å². The number of nitrogens with zero attached hydrogens (tertiary/aromatic N) is 1. The molecule has 8 rings (SSSR count). The Balaban J connectivity index is 0.00000312. The molecule has 5 aromatic rings. The van der Waals surface area contributed by atoms with Crippen molar-refractivity contribution in [2.45, 2.75) is 65.2 Å². The van der Waals surface area contributed by atoms with Crippen LogP contribution < -0.4 is 9.55 Å². The monoisotopic (exact) mass is 576 g/mol. The molecule has 44 heavy (non-hydrogen) atoms. The lowest BCUT2D eigenvalue weighted by Crippen LogP contribution is -2.43. The third-order valence-electron chi connectivity index (χ3n) is 10.4. The van der Waals surface area contributed by atoms with Gasteiger partial charge >= 0.3 is 7.69 Å². The summed E-state index contributed by atoms with van der Waals surface area (Å²) in [5.74, 6) is 0.653. The molecule has 219 valence electrons. The van der Waals surface area contributed by atoms with Crippen LogP contribution >= 0.6 is 0 Å². The van der Waals surface area contributed by atoms with Gasteiger partial charge in [-0.25, -0.2) is 0 Å². The number of rotatable bonds is 4. The Bertz CT molecular complexity index is 1820. The Morgan fingerprint density at radius 1 is 0.500 bits per heavy atom. The maximum Gasteiger partial charge on any atom is 0.569 e. The highest BCUT2D eigenvalue weighted by atomic mass is 16.5. The molecule has 0 aliphatic carbocycles. The van der Waals surface area contributed by atoms with Crippen LogP contribution in [0, 0.1) is 0 Å². The first-order valence-corrected chi connectivity index (χ1v) is 15.2. The van der Waals surface area contributed by atoms with Gasteiger partial charge < -0.3 is 14.6 Å². The van der Waals surface area contributed by atoms with Crippen LogP contribution in [-0.4, -0.2) is 12.7 Å². The van der Waals surface area contributed by atoms with Gasteiger partial charge in [0.05, 0.1) is 17.1 Å². The van der Waals surface area contributed by atoms with Crippen molar-refractivity contribution in [1.29, 1.82) is 0 Å². The highest BCUT2D eigenvalue weighted by Crippen LogP contribution is 2.67. The number of anilines is 3. The van der Waals surface area contributed by atoms with E-state index in [1.807, 2.05) is 0 Å². The van der Waals surface area contributed by atoms with Crippen molar-refractivity contribution in [3.05, 3.63) is 130 Å². The largest absolute Gasteiger partial charge is 0.569 e. The van der Waals surface area contributed by atoms with Gasteiger partial charge in [-0.1, -0.05) is 110 Å². The van der Waals surface area contributed by atoms with Gasteiger partial charge in [-0.15, -0.1) is 0 Å². The predicted octanol–water partition coefficient (Wildman–Crippen LogP) is 9.95. The molecule has 0 saturated carbocycles. The average molecular weight is 577 g/mol. The Kier molecular flexibility index (Phi) is 6.06. The van der Waals surface area contributed by atoms with Gasteiger partial charge in [0.15, 0.2) is 0 Å². The Hall–Kier alpha value is -4.28. The van der Waals surface area contributed by atoms with Crippen LogP contribution in [0.3, 0.4) is 0 Å². The smallest absolute Gasteiger partial charge is 0.537 e. The predicted molar refractivity (Wildman–Crippen MR) is 184 cm³/mol. The van der Waals surface area contributed by atoms with E-state index in [9.17, 15) is 5.02 Å². The second kappa shape index (κ2) is 9.36. The molecule has 0 amide bonds. The van der Waals surface area contributed by atoms with Crippen molar-refractivity contribution in [3.8, 4) is 28.0 Å². The van der Waals surface area contributed by atoms with Crippen molar-refractivity contribution in [2.24, 2.45) is 0 Å². The molecule has 4 heteroatoms. The summed E-state index contributed by atoms with van der Waals surface area (Å²) in [7, 11) is 0.794. The summed E-state index contributed by atoms with van der Waals surface area (Å²) in [6, 6.07) is 35.4. The second-order valence-corrected chi connectivity index (χ2v) is 13.9. The first-order valence-electron chi connectivity index (χ1n) is 15.2. The molecule has 0 unspecified atom stereocenters. The van der Waals surface area contributed by atoms with E-state index in [1.54, 1.807) is 0 Å². The van der Waals surface area contributed by atoms with E-state index >= 15 is 0 Å². The summed E-state index contributed by atoms with van der Waals surface area (Å²) in [4.78, 5) is 2.57. The van der Waals surface area contributed by atoms with E-state index in [-0.39, 0.29) is 23.7 Å². The molecule has 3 heterocycles. The fraction of sp³-hybridized carbons (Fsp3) is 0.250. The third-order valence-corrected chi connectivity index (χ3v) is 10.4. The number of benzene rings is 5. The normalized spacial score (nSPS) is 16.8. The quantitative estimate of drug-likeness (QED) is 0.216. The Morgan fingerprint density at radius 3 is 1.14 bits per heavy atom. The highest BCUT2D eigenvalue weighted by molar-refractivity contribution is 6.17. The molecule has 3 nitrogen and oxygen atoms in total. The van der Waals surface area contributed by atoms with Crippen LogP contribution in [0.5, 0.6) is 5.75 Å². The van der Waals surface area contributed by atoms with Crippen molar-refractivity contribution in [1.82, 2.24) is 0 Å². The van der Waals surface area contributed by atoms with E-state index in [1.165, 1.54) is 72.7 Å². The zero-order chi connectivity index (χ0) is 29.9. The molecular formula is C40H39BNO2. The molecule has 0 bridgehead atoms. The van der Waals surface area contributed by atoms with E-state index in [4.69, 9.17) is 4.65 Å². The summed E-state index contributed by atoms with van der Waals surface area (Å²) >= 11 is 0. The van der Waals surface area contributed by atoms with E-state index in [0.717, 1.165) is 7.69 Å². The molecule has 3 aliphatic heterocycles. The first-order chi connectivity index (χ1) is 20.5. The van der Waals surface area contributed by atoms with Crippen molar-refractivity contribution in [2.75, 3.05) is 4.90 Å². The summed E-state index contributed by atoms with van der Waals surface area (Å²) in [6.07, 6.45) is 0. The van der Waals surface area contributed by atoms with Crippen LogP contribution in [0.25, 0.3) is 22.3 Å². The molecule has 1 radical (unpaired) electrons. The van der Waals surface area contributed by atoms with Crippen molar-refractivity contribution in [3.63, 3.8) is 0 Å². The van der Waals surface area contributed by atoms with Gasteiger partial charge in [-0.2, -0.15) is 0 Å². The van der Waals surface area contributed by atoms with Crippen LogP contribution in [0.1, 0.15) is 82.3 Å². The van der Waals surface area contributed by atoms with Crippen LogP contribution in [-0.2, 0) is 16.2 Å². The minimum Gasteiger partial charge on any atom is -0.537 e. The fourth-order valence-corrected chi connectivity index (χ4v) is 7.95. The van der Waals surface area contributed by atoms with Crippen LogP contribution in [0.15, 0.2) is 97.1 Å². The molecule has 0 spiro atoms. The van der Waals surface area contributed by atoms with Crippen molar-refractivity contribution >= 4 is 24.7 Å². The molecule has 0 fully saturated rings. The fourth-order valence-electron chi connectivity index (χ4n) is 7.95. The summed E-state index contributed by atoms with van der Waals surface area (Å²) in [5.41, 5.74) is 15.6. The molecule has 5 aromatic carbocycles. The van der Waals surface area contributed by atoms with Gasteiger partial charge in [-0.05, 0) is 92.0 Å². The molecular weight excluding hydrogens is 537 g/mol. The lowest BCUT2D eigenvalue weighted by Gasteiger charge is -2.55. The third kappa shape index (κ3) is 3.61. The lowest BCUT2D eigenvalue weighted by atomic mass is 9.60. The van der Waals surface area contributed by atoms with Crippen LogP contribution in [0.2, 0.25) is 0 Å². The van der Waals surface area contributed by atoms with Gasteiger partial charge in [0.2, 0.25) is 0 Å². The Morgan fingerprint density at radius 2 is 0.818 bits per heavy atom. The van der Waals surface area contributed by atoms with Crippen molar-refractivity contribution < 1.29 is 9.68 Å². The zero-order valence-corrected chi connectivity index (χ0v) is 25.6. The second-order valence-electron chi connectivity index (χ2n) is 13.9. The topological polar surface area (TPSA) is 32.7 Å². The van der Waals surface area contributed by atoms with E-state index < -0.39 is 0 Å². The summed E-state index contributed by atoms with van der Waals surface area (Å²) < 4.78 is 5.70. The van der Waals surface area contributed by atoms with Gasteiger partial charge in [0, 0.05) is 16.2 Å². The zero-order valence-electron chi connectivity index (χ0n) is 25.6.